The monoisotopic (exact) mass is 289 g/mol. The summed E-state index contributed by atoms with van der Waals surface area (Å²) in [4.78, 5) is 0. The van der Waals surface area contributed by atoms with Gasteiger partial charge in [0.05, 0.1) is 5.56 Å². The molecule has 0 saturated heterocycles. The molecule has 2 aromatic rings. The molecule has 1 aromatic heterocycles. The molecule has 0 radical (unpaired) electrons. The molecule has 0 spiro atoms. The van der Waals surface area contributed by atoms with Gasteiger partial charge in [0.25, 0.3) is 0 Å². The molecule has 5 nitrogen and oxygen atoms in total. The molecule has 0 aliphatic heterocycles. The van der Waals surface area contributed by atoms with Gasteiger partial charge in [-0.25, -0.2) is 9.07 Å². The van der Waals surface area contributed by atoms with E-state index in [0.29, 0.717) is 19.0 Å². The first-order valence-corrected chi connectivity index (χ1v) is 5.77. The smallest absolute Gasteiger partial charge is 0.330 e. The first-order valence-electron chi connectivity index (χ1n) is 5.77. The molecule has 2 N–H and O–H groups in total. The van der Waals surface area contributed by atoms with E-state index >= 15 is 0 Å². The number of alkyl halides is 3. The summed E-state index contributed by atoms with van der Waals surface area (Å²) in [5, 5.41) is 10.6. The third-order valence-electron chi connectivity index (χ3n) is 2.63. The Bertz CT molecular complexity index is 593. The Morgan fingerprint density at radius 3 is 2.65 bits per heavy atom. The Morgan fingerprint density at radius 2 is 2.00 bits per heavy atom. The second-order valence-corrected chi connectivity index (χ2v) is 4.06. The molecule has 0 bridgehead atoms. The van der Waals surface area contributed by atoms with Crippen LogP contribution in [-0.2, 0) is 12.7 Å². The number of tetrazole rings is 1. The van der Waals surface area contributed by atoms with Crippen molar-refractivity contribution >= 4 is 0 Å². The van der Waals surface area contributed by atoms with Gasteiger partial charge in [0.1, 0.15) is 5.82 Å². The van der Waals surface area contributed by atoms with Gasteiger partial charge in [0.15, 0.2) is 5.82 Å². The van der Waals surface area contributed by atoms with Gasteiger partial charge in [-0.2, -0.15) is 13.2 Å². The fraction of sp³-hybridized carbons (Fsp3) is 0.364. The summed E-state index contributed by atoms with van der Waals surface area (Å²) in [5.41, 5.74) is 3.97. The maximum Gasteiger partial charge on any atom is 0.417 e. The minimum atomic E-state index is -4.69. The fourth-order valence-electron chi connectivity index (χ4n) is 1.74. The van der Waals surface area contributed by atoms with E-state index in [2.05, 4.69) is 15.5 Å². The van der Waals surface area contributed by atoms with Crippen molar-refractivity contribution in [3.8, 4) is 11.4 Å². The predicted octanol–water partition coefficient (Wildman–Crippen LogP) is 1.85. The number of benzene rings is 1. The van der Waals surface area contributed by atoms with Crippen LogP contribution in [0, 0.1) is 5.82 Å². The van der Waals surface area contributed by atoms with Gasteiger partial charge in [-0.1, -0.05) is 0 Å². The van der Waals surface area contributed by atoms with E-state index in [1.165, 1.54) is 4.68 Å². The molecular weight excluding hydrogens is 278 g/mol. The zero-order chi connectivity index (χ0) is 14.8. The highest BCUT2D eigenvalue weighted by molar-refractivity contribution is 5.61. The van der Waals surface area contributed by atoms with Crippen LogP contribution in [0.4, 0.5) is 17.6 Å². The van der Waals surface area contributed by atoms with Crippen LogP contribution in [0.3, 0.4) is 0 Å². The van der Waals surface area contributed by atoms with E-state index < -0.39 is 17.6 Å². The predicted molar refractivity (Wildman–Crippen MR) is 61.9 cm³/mol. The van der Waals surface area contributed by atoms with Crippen LogP contribution >= 0.6 is 0 Å². The molecule has 0 aliphatic rings. The zero-order valence-corrected chi connectivity index (χ0v) is 10.2. The molecule has 1 aromatic carbocycles. The standard InChI is InChI=1S/C11H11F4N5/c12-7-2-3-8(9(6-7)11(13,14)15)10-17-18-19-20(10)5-1-4-16/h2-3,6H,1,4-5,16H2. The van der Waals surface area contributed by atoms with Crippen molar-refractivity contribution in [2.24, 2.45) is 5.73 Å². The molecular formula is C11H11F4N5. The van der Waals surface area contributed by atoms with E-state index in [1.54, 1.807) is 0 Å². The van der Waals surface area contributed by atoms with Gasteiger partial charge in [-0.15, -0.1) is 5.10 Å². The summed E-state index contributed by atoms with van der Waals surface area (Å²) >= 11 is 0. The Labute approximate surface area is 111 Å². The van der Waals surface area contributed by atoms with E-state index in [9.17, 15) is 17.6 Å². The van der Waals surface area contributed by atoms with Gasteiger partial charge in [0.2, 0.25) is 0 Å². The number of rotatable bonds is 4. The summed E-state index contributed by atoms with van der Waals surface area (Å²) in [6.07, 6.45) is -4.18. The third kappa shape index (κ3) is 2.93. The molecule has 0 unspecified atom stereocenters. The third-order valence-corrected chi connectivity index (χ3v) is 2.63. The summed E-state index contributed by atoms with van der Waals surface area (Å²) in [5.74, 6) is -1.03. The van der Waals surface area contributed by atoms with Crippen molar-refractivity contribution < 1.29 is 17.6 Å². The molecule has 0 aliphatic carbocycles. The van der Waals surface area contributed by atoms with Crippen LogP contribution in [0.15, 0.2) is 18.2 Å². The van der Waals surface area contributed by atoms with Crippen molar-refractivity contribution in [3.05, 3.63) is 29.6 Å². The second-order valence-electron chi connectivity index (χ2n) is 4.06. The summed E-state index contributed by atoms with van der Waals surface area (Å²) in [7, 11) is 0. The molecule has 0 amide bonds. The van der Waals surface area contributed by atoms with Crippen molar-refractivity contribution in [1.82, 2.24) is 20.2 Å². The Balaban J connectivity index is 2.50. The van der Waals surface area contributed by atoms with Gasteiger partial charge in [-0.05, 0) is 41.6 Å². The number of nitrogens with zero attached hydrogens (tertiary/aromatic N) is 4. The highest BCUT2D eigenvalue weighted by Crippen LogP contribution is 2.36. The van der Waals surface area contributed by atoms with E-state index in [4.69, 9.17) is 5.73 Å². The lowest BCUT2D eigenvalue weighted by atomic mass is 10.1. The van der Waals surface area contributed by atoms with Crippen molar-refractivity contribution in [2.75, 3.05) is 6.54 Å². The second kappa shape index (κ2) is 5.53. The van der Waals surface area contributed by atoms with E-state index in [-0.39, 0.29) is 17.9 Å². The molecule has 0 atom stereocenters. The Kier molecular flexibility index (Phi) is 3.98. The van der Waals surface area contributed by atoms with Crippen LogP contribution in [0.2, 0.25) is 0 Å². The highest BCUT2D eigenvalue weighted by atomic mass is 19.4. The normalized spacial score (nSPS) is 11.8. The van der Waals surface area contributed by atoms with Crippen molar-refractivity contribution in [2.45, 2.75) is 19.1 Å². The summed E-state index contributed by atoms with van der Waals surface area (Å²) in [6, 6.07) is 2.38. The maximum atomic E-state index is 13.0. The lowest BCUT2D eigenvalue weighted by Gasteiger charge is -2.12. The molecule has 1 heterocycles. The molecule has 9 heteroatoms. The zero-order valence-electron chi connectivity index (χ0n) is 10.2. The highest BCUT2D eigenvalue weighted by Gasteiger charge is 2.35. The van der Waals surface area contributed by atoms with E-state index in [0.717, 1.165) is 12.1 Å². The largest absolute Gasteiger partial charge is 0.417 e. The van der Waals surface area contributed by atoms with Gasteiger partial charge >= 0.3 is 6.18 Å². The lowest BCUT2D eigenvalue weighted by Crippen LogP contribution is -2.12. The summed E-state index contributed by atoms with van der Waals surface area (Å²) in [6.45, 7) is 0.641. The maximum absolute atomic E-state index is 13.0. The first-order chi connectivity index (χ1) is 9.43. The van der Waals surface area contributed by atoms with Crippen LogP contribution in [0.25, 0.3) is 11.4 Å². The molecule has 20 heavy (non-hydrogen) atoms. The number of aromatic nitrogens is 4. The van der Waals surface area contributed by atoms with Gasteiger partial charge < -0.3 is 5.73 Å². The molecule has 0 saturated carbocycles. The summed E-state index contributed by atoms with van der Waals surface area (Å²) < 4.78 is 53.1. The molecule has 108 valence electrons. The van der Waals surface area contributed by atoms with Crippen LogP contribution < -0.4 is 5.73 Å². The number of halogens is 4. The number of nitrogens with two attached hydrogens (primary N) is 1. The molecule has 0 fully saturated rings. The Morgan fingerprint density at radius 1 is 1.25 bits per heavy atom. The SMILES string of the molecule is NCCCn1nnnc1-c1ccc(F)cc1C(F)(F)F. The number of aryl methyl sites for hydroxylation is 1. The lowest BCUT2D eigenvalue weighted by molar-refractivity contribution is -0.137. The van der Waals surface area contributed by atoms with E-state index in [1.807, 2.05) is 0 Å². The average molecular weight is 289 g/mol. The minimum absolute atomic E-state index is 0.0641. The molecule has 2 rings (SSSR count). The first kappa shape index (κ1) is 14.4. The number of hydrogen-bond donors (Lipinski definition) is 1. The quantitative estimate of drug-likeness (QED) is 0.872. The average Bonchev–Trinajstić information content (AvgIpc) is 2.83. The van der Waals surface area contributed by atoms with Gasteiger partial charge in [-0.3, -0.25) is 0 Å². The number of hydrogen-bond acceptors (Lipinski definition) is 4. The van der Waals surface area contributed by atoms with Crippen LogP contribution in [0.1, 0.15) is 12.0 Å². The van der Waals surface area contributed by atoms with Crippen molar-refractivity contribution in [1.29, 1.82) is 0 Å². The van der Waals surface area contributed by atoms with Crippen LogP contribution in [-0.4, -0.2) is 26.8 Å². The van der Waals surface area contributed by atoms with Crippen molar-refractivity contribution in [3.63, 3.8) is 0 Å². The fourth-order valence-corrected chi connectivity index (χ4v) is 1.74. The van der Waals surface area contributed by atoms with Crippen LogP contribution in [0.5, 0.6) is 0 Å². The topological polar surface area (TPSA) is 69.6 Å². The Hall–Kier alpha value is -2.03. The minimum Gasteiger partial charge on any atom is -0.330 e. The van der Waals surface area contributed by atoms with Gasteiger partial charge in [0, 0.05) is 12.1 Å².